The summed E-state index contributed by atoms with van der Waals surface area (Å²) in [5.74, 6) is 1.39. The van der Waals surface area contributed by atoms with Crippen LogP contribution in [0.25, 0.3) is 11.4 Å². The molecule has 0 aliphatic carbocycles. The van der Waals surface area contributed by atoms with Crippen molar-refractivity contribution in [2.75, 3.05) is 14.2 Å². The number of aromatic hydroxyl groups is 1. The van der Waals surface area contributed by atoms with Crippen LogP contribution in [0.4, 0.5) is 0 Å². The maximum absolute atomic E-state index is 12.0. The van der Waals surface area contributed by atoms with Crippen molar-refractivity contribution in [2.45, 2.75) is 5.60 Å². The van der Waals surface area contributed by atoms with Crippen LogP contribution in [0.3, 0.4) is 0 Å². The molecule has 164 valence electrons. The van der Waals surface area contributed by atoms with Crippen LogP contribution in [0.5, 0.6) is 17.2 Å². The van der Waals surface area contributed by atoms with E-state index in [-0.39, 0.29) is 17.5 Å². The van der Waals surface area contributed by atoms with Crippen LogP contribution >= 0.6 is 31.9 Å². The molecule has 4 rings (SSSR count). The van der Waals surface area contributed by atoms with Gasteiger partial charge in [-0.25, -0.2) is 0 Å². The van der Waals surface area contributed by atoms with Crippen LogP contribution in [-0.4, -0.2) is 34.6 Å². The maximum atomic E-state index is 12.0. The van der Waals surface area contributed by atoms with Gasteiger partial charge in [-0.15, -0.1) is 0 Å². The molecule has 32 heavy (non-hydrogen) atoms. The average molecular weight is 562 g/mol. The molecule has 7 nitrogen and oxygen atoms in total. The summed E-state index contributed by atoms with van der Waals surface area (Å²) in [6.45, 7) is 0. The van der Waals surface area contributed by atoms with E-state index in [2.05, 4.69) is 42.0 Å². The molecule has 0 atom stereocenters. The predicted octanol–water partition coefficient (Wildman–Crippen LogP) is 5.27. The normalized spacial score (nSPS) is 11.4. The molecule has 2 N–H and O–H groups in total. The summed E-state index contributed by atoms with van der Waals surface area (Å²) in [6, 6.07) is 17.3. The largest absolute Gasteiger partial charge is 0.506 e. The highest BCUT2D eigenvalue weighted by molar-refractivity contribution is 9.11. The first-order valence-electron chi connectivity index (χ1n) is 9.40. The topological polar surface area (TPSA) is 97.8 Å². The summed E-state index contributed by atoms with van der Waals surface area (Å²) < 4.78 is 17.2. The van der Waals surface area contributed by atoms with Gasteiger partial charge in [-0.2, -0.15) is 4.98 Å². The Hall–Kier alpha value is -2.88. The fourth-order valence-corrected chi connectivity index (χ4v) is 4.48. The standard InChI is InChI=1S/C23H18Br2N2O5/c1-30-16-7-3-5-14(11-16)23(29,15-6-4-8-17(12-15)31-2)22-26-21(27-32-22)13-9-18(24)20(28)19(25)10-13/h3-12,28-29H,1-2H3. The highest BCUT2D eigenvalue weighted by Crippen LogP contribution is 2.40. The third kappa shape index (κ3) is 3.99. The molecule has 0 unspecified atom stereocenters. The average Bonchev–Trinajstić information content (AvgIpc) is 3.32. The maximum Gasteiger partial charge on any atom is 0.268 e. The molecule has 0 aliphatic rings. The Morgan fingerprint density at radius 3 is 1.91 bits per heavy atom. The second-order valence-electron chi connectivity index (χ2n) is 6.89. The second kappa shape index (κ2) is 8.93. The van der Waals surface area contributed by atoms with Crippen LogP contribution in [-0.2, 0) is 5.60 Å². The van der Waals surface area contributed by atoms with Gasteiger partial charge in [0.25, 0.3) is 5.89 Å². The van der Waals surface area contributed by atoms with Gasteiger partial charge in [-0.1, -0.05) is 29.4 Å². The van der Waals surface area contributed by atoms with Gasteiger partial charge in [0.15, 0.2) is 5.60 Å². The molecule has 1 heterocycles. The fraction of sp³-hybridized carbons (Fsp3) is 0.130. The van der Waals surface area contributed by atoms with E-state index in [1.54, 1.807) is 74.9 Å². The van der Waals surface area contributed by atoms with E-state index in [4.69, 9.17) is 14.0 Å². The lowest BCUT2D eigenvalue weighted by atomic mass is 9.86. The number of methoxy groups -OCH3 is 2. The number of rotatable bonds is 6. The highest BCUT2D eigenvalue weighted by Gasteiger charge is 2.40. The van der Waals surface area contributed by atoms with Crippen molar-refractivity contribution in [3.8, 4) is 28.6 Å². The second-order valence-corrected chi connectivity index (χ2v) is 8.59. The first-order chi connectivity index (χ1) is 15.4. The van der Waals surface area contributed by atoms with Gasteiger partial charge in [0.1, 0.15) is 17.2 Å². The van der Waals surface area contributed by atoms with E-state index in [9.17, 15) is 10.2 Å². The third-order valence-electron chi connectivity index (χ3n) is 4.99. The summed E-state index contributed by atoms with van der Waals surface area (Å²) in [7, 11) is 3.10. The number of halogens is 2. The quantitative estimate of drug-likeness (QED) is 0.331. The Balaban J connectivity index is 1.90. The number of hydrogen-bond acceptors (Lipinski definition) is 7. The minimum atomic E-state index is -1.78. The third-order valence-corrected chi connectivity index (χ3v) is 6.19. The first-order valence-corrected chi connectivity index (χ1v) is 11.0. The molecule has 0 saturated heterocycles. The van der Waals surface area contributed by atoms with E-state index in [0.29, 0.717) is 37.1 Å². The molecular formula is C23H18Br2N2O5. The first kappa shape index (κ1) is 22.3. The Morgan fingerprint density at radius 1 is 0.875 bits per heavy atom. The molecule has 0 bridgehead atoms. The molecule has 4 aromatic rings. The Kier molecular flexibility index (Phi) is 6.23. The molecule has 0 fully saturated rings. The smallest absolute Gasteiger partial charge is 0.268 e. The Labute approximate surface area is 200 Å². The summed E-state index contributed by atoms with van der Waals surface area (Å²) in [5.41, 5.74) is -0.239. The van der Waals surface area contributed by atoms with E-state index >= 15 is 0 Å². The Bertz CT molecular complexity index is 1200. The van der Waals surface area contributed by atoms with Gasteiger partial charge in [0, 0.05) is 16.7 Å². The van der Waals surface area contributed by atoms with Gasteiger partial charge in [-0.3, -0.25) is 0 Å². The molecule has 0 spiro atoms. The number of phenolic OH excluding ortho intramolecular Hbond substituents is 1. The van der Waals surface area contributed by atoms with E-state index in [0.717, 1.165) is 0 Å². The highest BCUT2D eigenvalue weighted by atomic mass is 79.9. The molecule has 3 aromatic carbocycles. The minimum Gasteiger partial charge on any atom is -0.506 e. The van der Waals surface area contributed by atoms with E-state index in [1.165, 1.54) is 0 Å². The number of aromatic nitrogens is 2. The number of nitrogens with zero attached hydrogens (tertiary/aromatic N) is 2. The van der Waals surface area contributed by atoms with Crippen molar-refractivity contribution >= 4 is 31.9 Å². The van der Waals surface area contributed by atoms with Gasteiger partial charge < -0.3 is 24.2 Å². The lowest BCUT2D eigenvalue weighted by Gasteiger charge is -2.26. The summed E-state index contributed by atoms with van der Waals surface area (Å²) >= 11 is 6.60. The van der Waals surface area contributed by atoms with Crippen molar-refractivity contribution in [3.63, 3.8) is 0 Å². The van der Waals surface area contributed by atoms with Crippen LogP contribution < -0.4 is 9.47 Å². The molecule has 9 heteroatoms. The van der Waals surface area contributed by atoms with Crippen molar-refractivity contribution in [1.82, 2.24) is 10.1 Å². The molecule has 0 saturated carbocycles. The lowest BCUT2D eigenvalue weighted by Crippen LogP contribution is -2.29. The zero-order chi connectivity index (χ0) is 22.9. The van der Waals surface area contributed by atoms with Crippen LogP contribution in [0, 0.1) is 0 Å². The van der Waals surface area contributed by atoms with E-state index in [1.807, 2.05) is 0 Å². The molecule has 0 radical (unpaired) electrons. The molecule has 1 aromatic heterocycles. The number of ether oxygens (including phenoxy) is 2. The van der Waals surface area contributed by atoms with Crippen LogP contribution in [0.15, 0.2) is 74.1 Å². The summed E-state index contributed by atoms with van der Waals surface area (Å²) in [6.07, 6.45) is 0. The van der Waals surface area contributed by atoms with Gasteiger partial charge >= 0.3 is 0 Å². The monoisotopic (exact) mass is 560 g/mol. The number of benzene rings is 3. The van der Waals surface area contributed by atoms with Crippen molar-refractivity contribution in [3.05, 3.63) is 86.6 Å². The zero-order valence-corrected chi connectivity index (χ0v) is 20.2. The van der Waals surface area contributed by atoms with Gasteiger partial charge in [-0.05, 0) is 68.3 Å². The van der Waals surface area contributed by atoms with Crippen LogP contribution in [0.1, 0.15) is 17.0 Å². The van der Waals surface area contributed by atoms with Crippen molar-refractivity contribution in [2.24, 2.45) is 0 Å². The molecule has 0 aliphatic heterocycles. The minimum absolute atomic E-state index is 0.0330. The molecule has 0 amide bonds. The van der Waals surface area contributed by atoms with Crippen molar-refractivity contribution in [1.29, 1.82) is 0 Å². The Morgan fingerprint density at radius 2 is 1.41 bits per heavy atom. The number of aliphatic hydroxyl groups is 1. The predicted molar refractivity (Wildman–Crippen MR) is 125 cm³/mol. The summed E-state index contributed by atoms with van der Waals surface area (Å²) in [4.78, 5) is 4.50. The number of hydrogen-bond donors (Lipinski definition) is 2. The van der Waals surface area contributed by atoms with Crippen molar-refractivity contribution < 1.29 is 24.2 Å². The fourth-order valence-electron chi connectivity index (χ4n) is 3.29. The number of phenols is 1. The zero-order valence-electron chi connectivity index (χ0n) is 17.0. The lowest BCUT2D eigenvalue weighted by molar-refractivity contribution is 0.0846. The van der Waals surface area contributed by atoms with Gasteiger partial charge in [0.2, 0.25) is 5.82 Å². The van der Waals surface area contributed by atoms with E-state index < -0.39 is 5.60 Å². The summed E-state index contributed by atoms with van der Waals surface area (Å²) in [5, 5.41) is 26.1. The SMILES string of the molecule is COc1cccc(C(O)(c2cccc(OC)c2)c2nc(-c3cc(Br)c(O)c(Br)c3)no2)c1. The van der Waals surface area contributed by atoms with Gasteiger partial charge in [0.05, 0.1) is 23.2 Å². The van der Waals surface area contributed by atoms with Crippen LogP contribution in [0.2, 0.25) is 0 Å². The molecular weight excluding hydrogens is 544 g/mol.